The van der Waals surface area contributed by atoms with Gasteiger partial charge in [-0.3, -0.25) is 0 Å². The van der Waals surface area contributed by atoms with E-state index in [9.17, 15) is 0 Å². The lowest BCUT2D eigenvalue weighted by Crippen LogP contribution is -2.26. The van der Waals surface area contributed by atoms with E-state index in [0.717, 1.165) is 25.2 Å². The van der Waals surface area contributed by atoms with Gasteiger partial charge in [-0.15, -0.1) is 0 Å². The van der Waals surface area contributed by atoms with Gasteiger partial charge in [0.2, 0.25) is 0 Å². The molecule has 0 saturated heterocycles. The van der Waals surface area contributed by atoms with Crippen molar-refractivity contribution in [1.29, 1.82) is 0 Å². The molecule has 2 nitrogen and oxygen atoms in total. The smallest absolute Gasteiger partial charge is 0.0465 e. The summed E-state index contributed by atoms with van der Waals surface area (Å²) >= 11 is 0. The maximum absolute atomic E-state index is 5.39. The van der Waals surface area contributed by atoms with E-state index in [1.54, 1.807) is 0 Å². The van der Waals surface area contributed by atoms with Gasteiger partial charge in [-0.2, -0.15) is 0 Å². The Morgan fingerprint density at radius 2 is 2.07 bits per heavy atom. The summed E-state index contributed by atoms with van der Waals surface area (Å²) in [5, 5.41) is 3.44. The van der Waals surface area contributed by atoms with Crippen LogP contribution in [-0.2, 0) is 4.74 Å². The molecule has 2 unspecified atom stereocenters. The Labute approximate surface area is 94.8 Å². The minimum absolute atomic E-state index is 0.768. The fraction of sp³-hybridized carbons (Fsp3) is 1.00. The van der Waals surface area contributed by atoms with Crippen LogP contribution in [0.15, 0.2) is 0 Å². The number of nitrogens with one attached hydrogen (secondary N) is 1. The van der Waals surface area contributed by atoms with Crippen molar-refractivity contribution >= 4 is 0 Å². The highest BCUT2D eigenvalue weighted by molar-refractivity contribution is 4.74. The van der Waals surface area contributed by atoms with E-state index >= 15 is 0 Å². The van der Waals surface area contributed by atoms with Crippen molar-refractivity contribution in [2.75, 3.05) is 20.3 Å². The standard InChI is InChI=1S/C13H27NO/c1-3-15-10-6-8-12-7-4-5-9-13(11-12)14-2/h12-14H,3-11H2,1-2H3. The van der Waals surface area contributed by atoms with Crippen molar-refractivity contribution in [3.8, 4) is 0 Å². The molecule has 0 aromatic carbocycles. The fourth-order valence-electron chi connectivity index (χ4n) is 2.60. The molecule has 1 aliphatic carbocycles. The molecule has 0 spiro atoms. The van der Waals surface area contributed by atoms with Crippen LogP contribution >= 0.6 is 0 Å². The van der Waals surface area contributed by atoms with Crippen molar-refractivity contribution in [3.05, 3.63) is 0 Å². The van der Waals surface area contributed by atoms with Crippen LogP contribution in [0.1, 0.15) is 51.9 Å². The van der Waals surface area contributed by atoms with Crippen molar-refractivity contribution in [2.45, 2.75) is 57.9 Å². The number of rotatable bonds is 6. The van der Waals surface area contributed by atoms with Crippen LogP contribution in [0.4, 0.5) is 0 Å². The van der Waals surface area contributed by atoms with Crippen molar-refractivity contribution in [1.82, 2.24) is 5.32 Å². The van der Waals surface area contributed by atoms with Crippen molar-refractivity contribution < 1.29 is 4.74 Å². The Bertz CT molecular complexity index is 149. The highest BCUT2D eigenvalue weighted by Gasteiger charge is 2.18. The highest BCUT2D eigenvalue weighted by atomic mass is 16.5. The molecule has 1 rings (SSSR count). The van der Waals surface area contributed by atoms with Crippen LogP contribution in [-0.4, -0.2) is 26.3 Å². The van der Waals surface area contributed by atoms with Gasteiger partial charge < -0.3 is 10.1 Å². The second-order valence-electron chi connectivity index (χ2n) is 4.71. The molecule has 1 N–H and O–H groups in total. The molecule has 0 aromatic heterocycles. The number of hydrogen-bond acceptors (Lipinski definition) is 2. The van der Waals surface area contributed by atoms with Gasteiger partial charge in [0.15, 0.2) is 0 Å². The van der Waals surface area contributed by atoms with E-state index < -0.39 is 0 Å². The Kier molecular flexibility index (Phi) is 7.03. The molecule has 1 fully saturated rings. The third kappa shape index (κ3) is 5.53. The van der Waals surface area contributed by atoms with Gasteiger partial charge in [0.1, 0.15) is 0 Å². The Balaban J connectivity index is 2.15. The van der Waals surface area contributed by atoms with E-state index in [0.29, 0.717) is 0 Å². The lowest BCUT2D eigenvalue weighted by Gasteiger charge is -2.19. The number of ether oxygens (including phenoxy) is 1. The fourth-order valence-corrected chi connectivity index (χ4v) is 2.60. The topological polar surface area (TPSA) is 21.3 Å². The molecule has 0 bridgehead atoms. The molecule has 0 radical (unpaired) electrons. The van der Waals surface area contributed by atoms with E-state index in [4.69, 9.17) is 4.74 Å². The van der Waals surface area contributed by atoms with Crippen LogP contribution in [0.5, 0.6) is 0 Å². The predicted molar refractivity (Wildman–Crippen MR) is 65.1 cm³/mol. The summed E-state index contributed by atoms with van der Waals surface area (Å²) in [5.41, 5.74) is 0. The molecule has 15 heavy (non-hydrogen) atoms. The lowest BCUT2D eigenvalue weighted by atomic mass is 9.93. The van der Waals surface area contributed by atoms with E-state index in [-0.39, 0.29) is 0 Å². The van der Waals surface area contributed by atoms with Gasteiger partial charge in [-0.05, 0) is 45.6 Å². The van der Waals surface area contributed by atoms with Crippen LogP contribution < -0.4 is 5.32 Å². The maximum Gasteiger partial charge on any atom is 0.0465 e. The zero-order valence-corrected chi connectivity index (χ0v) is 10.4. The first-order valence-corrected chi connectivity index (χ1v) is 6.61. The van der Waals surface area contributed by atoms with E-state index in [1.807, 2.05) is 0 Å². The molecular weight excluding hydrogens is 186 g/mol. The van der Waals surface area contributed by atoms with Crippen LogP contribution in [0.25, 0.3) is 0 Å². The first-order chi connectivity index (χ1) is 7.36. The molecular formula is C13H27NO. The highest BCUT2D eigenvalue weighted by Crippen LogP contribution is 2.26. The Morgan fingerprint density at radius 1 is 1.27 bits per heavy atom. The summed E-state index contributed by atoms with van der Waals surface area (Å²) in [6.45, 7) is 3.89. The predicted octanol–water partition coefficient (Wildman–Crippen LogP) is 2.97. The molecule has 1 aliphatic rings. The third-order valence-corrected chi connectivity index (χ3v) is 3.55. The van der Waals surface area contributed by atoms with Gasteiger partial charge in [-0.25, -0.2) is 0 Å². The van der Waals surface area contributed by atoms with Crippen LogP contribution in [0.3, 0.4) is 0 Å². The van der Waals surface area contributed by atoms with Crippen molar-refractivity contribution in [2.24, 2.45) is 5.92 Å². The first-order valence-electron chi connectivity index (χ1n) is 6.61. The van der Waals surface area contributed by atoms with Gasteiger partial charge >= 0.3 is 0 Å². The average molecular weight is 213 g/mol. The van der Waals surface area contributed by atoms with Gasteiger partial charge in [0.05, 0.1) is 0 Å². The Morgan fingerprint density at radius 3 is 2.80 bits per heavy atom. The molecule has 2 heteroatoms. The SMILES string of the molecule is CCOCCCC1CCCCC(NC)C1. The summed E-state index contributed by atoms with van der Waals surface area (Å²) in [5.74, 6) is 0.936. The summed E-state index contributed by atoms with van der Waals surface area (Å²) < 4.78 is 5.39. The zero-order valence-electron chi connectivity index (χ0n) is 10.4. The maximum atomic E-state index is 5.39. The number of hydrogen-bond donors (Lipinski definition) is 1. The first kappa shape index (κ1) is 13.0. The summed E-state index contributed by atoms with van der Waals surface area (Å²) in [4.78, 5) is 0. The van der Waals surface area contributed by atoms with E-state index in [1.165, 1.54) is 44.9 Å². The van der Waals surface area contributed by atoms with Gasteiger partial charge in [0, 0.05) is 19.3 Å². The van der Waals surface area contributed by atoms with E-state index in [2.05, 4.69) is 19.3 Å². The summed E-state index contributed by atoms with van der Waals surface area (Å²) in [6, 6.07) is 0.768. The second kappa shape index (κ2) is 8.12. The summed E-state index contributed by atoms with van der Waals surface area (Å²) in [7, 11) is 2.10. The molecule has 0 heterocycles. The van der Waals surface area contributed by atoms with Crippen LogP contribution in [0.2, 0.25) is 0 Å². The molecule has 0 aromatic rings. The third-order valence-electron chi connectivity index (χ3n) is 3.55. The van der Waals surface area contributed by atoms with Gasteiger partial charge in [-0.1, -0.05) is 19.3 Å². The quantitative estimate of drug-likeness (QED) is 0.541. The van der Waals surface area contributed by atoms with Gasteiger partial charge in [0.25, 0.3) is 0 Å². The van der Waals surface area contributed by atoms with Crippen LogP contribution in [0, 0.1) is 5.92 Å². The molecule has 90 valence electrons. The normalized spacial score (nSPS) is 27.6. The average Bonchev–Trinajstić information content (AvgIpc) is 2.49. The monoisotopic (exact) mass is 213 g/mol. The molecule has 1 saturated carbocycles. The minimum atomic E-state index is 0.768. The largest absolute Gasteiger partial charge is 0.382 e. The summed E-state index contributed by atoms with van der Waals surface area (Å²) in [6.07, 6.45) is 9.63. The molecule has 2 atom stereocenters. The minimum Gasteiger partial charge on any atom is -0.382 e. The lowest BCUT2D eigenvalue weighted by molar-refractivity contribution is 0.138. The van der Waals surface area contributed by atoms with Crippen molar-refractivity contribution in [3.63, 3.8) is 0 Å². The second-order valence-corrected chi connectivity index (χ2v) is 4.71. The Hall–Kier alpha value is -0.0800. The zero-order chi connectivity index (χ0) is 10.9. The molecule has 0 aliphatic heterocycles. The molecule has 0 amide bonds.